The molecule has 0 aliphatic heterocycles. The molecule has 0 saturated carbocycles. The Labute approximate surface area is 105 Å². The lowest BCUT2D eigenvalue weighted by molar-refractivity contribution is 0.270. The lowest BCUT2D eigenvalue weighted by Gasteiger charge is -2.25. The molecule has 0 bridgehead atoms. The van der Waals surface area contributed by atoms with E-state index >= 15 is 0 Å². The number of halogens is 1. The summed E-state index contributed by atoms with van der Waals surface area (Å²) in [6.45, 7) is 1.98. The quantitative estimate of drug-likeness (QED) is 0.849. The molecule has 1 aromatic heterocycles. The van der Waals surface area contributed by atoms with Gasteiger partial charge in [-0.25, -0.2) is 4.98 Å². The third-order valence-electron chi connectivity index (χ3n) is 2.82. The van der Waals surface area contributed by atoms with Crippen LogP contribution in [-0.2, 0) is 0 Å². The highest BCUT2D eigenvalue weighted by Crippen LogP contribution is 2.25. The van der Waals surface area contributed by atoms with Gasteiger partial charge in [0.2, 0.25) is 5.28 Å². The van der Waals surface area contributed by atoms with Crippen molar-refractivity contribution in [2.24, 2.45) is 0 Å². The summed E-state index contributed by atoms with van der Waals surface area (Å²) in [5.41, 5.74) is 0.805. The highest BCUT2D eigenvalue weighted by molar-refractivity contribution is 6.28. The number of hydrogen-bond acceptors (Lipinski definition) is 4. The van der Waals surface area contributed by atoms with E-state index in [-0.39, 0.29) is 17.9 Å². The fourth-order valence-electron chi connectivity index (χ4n) is 1.63. The molecule has 1 aromatic carbocycles. The van der Waals surface area contributed by atoms with Crippen LogP contribution in [-0.4, -0.2) is 34.8 Å². The molecule has 17 heavy (non-hydrogen) atoms. The second-order valence-corrected chi connectivity index (χ2v) is 4.31. The van der Waals surface area contributed by atoms with Gasteiger partial charge in [-0.05, 0) is 30.7 Å². The van der Waals surface area contributed by atoms with E-state index in [0.29, 0.717) is 0 Å². The standard InChI is InChI=1S/C12H14ClN3O/c1-8(7-17)16(2)11-9-5-3-4-6-10(9)14-12(13)15-11/h3-6,8,17H,7H2,1-2H3. The Morgan fingerprint density at radius 1 is 1.35 bits per heavy atom. The van der Waals surface area contributed by atoms with Gasteiger partial charge >= 0.3 is 0 Å². The molecule has 0 radical (unpaired) electrons. The lowest BCUT2D eigenvalue weighted by Crippen LogP contribution is -2.32. The summed E-state index contributed by atoms with van der Waals surface area (Å²) < 4.78 is 0. The Hall–Kier alpha value is -1.39. The monoisotopic (exact) mass is 251 g/mol. The molecule has 1 heterocycles. The van der Waals surface area contributed by atoms with Crippen LogP contribution in [0.25, 0.3) is 10.9 Å². The van der Waals surface area contributed by atoms with Gasteiger partial charge in [-0.2, -0.15) is 4.98 Å². The maximum absolute atomic E-state index is 9.19. The molecule has 0 saturated heterocycles. The Morgan fingerprint density at radius 3 is 2.76 bits per heavy atom. The summed E-state index contributed by atoms with van der Waals surface area (Å²) in [5, 5.41) is 10.3. The van der Waals surface area contributed by atoms with Crippen molar-refractivity contribution in [3.8, 4) is 0 Å². The van der Waals surface area contributed by atoms with Gasteiger partial charge < -0.3 is 10.0 Å². The number of anilines is 1. The molecule has 0 aliphatic carbocycles. The van der Waals surface area contributed by atoms with Crippen molar-refractivity contribution in [2.75, 3.05) is 18.6 Å². The summed E-state index contributed by atoms with van der Waals surface area (Å²) in [4.78, 5) is 10.3. The largest absolute Gasteiger partial charge is 0.394 e. The summed E-state index contributed by atoms with van der Waals surface area (Å²) >= 11 is 5.90. The summed E-state index contributed by atoms with van der Waals surface area (Å²) in [6.07, 6.45) is 0. The van der Waals surface area contributed by atoms with Gasteiger partial charge in [-0.1, -0.05) is 12.1 Å². The number of aliphatic hydroxyl groups excluding tert-OH is 1. The molecule has 2 aromatic rings. The van der Waals surface area contributed by atoms with Gasteiger partial charge in [-0.15, -0.1) is 0 Å². The van der Waals surface area contributed by atoms with Crippen LogP contribution in [0.15, 0.2) is 24.3 Å². The number of benzene rings is 1. The lowest BCUT2D eigenvalue weighted by atomic mass is 10.2. The van der Waals surface area contributed by atoms with Gasteiger partial charge in [0, 0.05) is 12.4 Å². The van der Waals surface area contributed by atoms with Gasteiger partial charge in [0.25, 0.3) is 0 Å². The number of aromatic nitrogens is 2. The molecule has 5 heteroatoms. The van der Waals surface area contributed by atoms with E-state index in [4.69, 9.17) is 11.6 Å². The van der Waals surface area contributed by atoms with E-state index in [9.17, 15) is 5.11 Å². The fourth-order valence-corrected chi connectivity index (χ4v) is 1.80. The van der Waals surface area contributed by atoms with Gasteiger partial charge in [0.1, 0.15) is 5.82 Å². The molecule has 1 atom stereocenters. The number of nitrogens with zero attached hydrogens (tertiary/aromatic N) is 3. The van der Waals surface area contributed by atoms with E-state index in [0.717, 1.165) is 16.7 Å². The summed E-state index contributed by atoms with van der Waals surface area (Å²) in [7, 11) is 1.88. The second kappa shape index (κ2) is 4.85. The Bertz CT molecular complexity index is 532. The predicted molar refractivity (Wildman–Crippen MR) is 69.5 cm³/mol. The smallest absolute Gasteiger partial charge is 0.224 e. The molecule has 0 aliphatic rings. The number of rotatable bonds is 3. The molecule has 4 nitrogen and oxygen atoms in total. The minimum Gasteiger partial charge on any atom is -0.394 e. The first-order valence-corrected chi connectivity index (χ1v) is 5.77. The molecule has 0 spiro atoms. The number of para-hydroxylation sites is 1. The van der Waals surface area contributed by atoms with Crippen LogP contribution in [0, 0.1) is 0 Å². The van der Waals surface area contributed by atoms with Crippen molar-refractivity contribution in [3.63, 3.8) is 0 Å². The number of hydrogen-bond donors (Lipinski definition) is 1. The average molecular weight is 252 g/mol. The normalized spacial score (nSPS) is 12.7. The summed E-state index contributed by atoms with van der Waals surface area (Å²) in [6, 6.07) is 7.65. The van der Waals surface area contributed by atoms with E-state index in [1.807, 2.05) is 43.1 Å². The topological polar surface area (TPSA) is 49.2 Å². The zero-order valence-corrected chi connectivity index (χ0v) is 10.5. The van der Waals surface area contributed by atoms with Crippen LogP contribution in [0.4, 0.5) is 5.82 Å². The first-order valence-electron chi connectivity index (χ1n) is 5.39. The molecule has 0 fully saturated rings. The SMILES string of the molecule is CC(CO)N(C)c1nc(Cl)nc2ccccc12. The number of aliphatic hydroxyl groups is 1. The molecular weight excluding hydrogens is 238 g/mol. The Morgan fingerprint density at radius 2 is 2.06 bits per heavy atom. The van der Waals surface area contributed by atoms with Crippen LogP contribution in [0.3, 0.4) is 0 Å². The van der Waals surface area contributed by atoms with Crippen molar-refractivity contribution < 1.29 is 5.11 Å². The van der Waals surface area contributed by atoms with Crippen molar-refractivity contribution in [2.45, 2.75) is 13.0 Å². The van der Waals surface area contributed by atoms with E-state index < -0.39 is 0 Å². The van der Waals surface area contributed by atoms with E-state index in [1.165, 1.54) is 0 Å². The maximum atomic E-state index is 9.19. The average Bonchev–Trinajstić information content (AvgIpc) is 2.35. The fraction of sp³-hybridized carbons (Fsp3) is 0.333. The van der Waals surface area contributed by atoms with Crippen molar-refractivity contribution in [1.29, 1.82) is 0 Å². The van der Waals surface area contributed by atoms with Crippen LogP contribution < -0.4 is 4.90 Å². The zero-order valence-electron chi connectivity index (χ0n) is 9.76. The van der Waals surface area contributed by atoms with Gasteiger partial charge in [-0.3, -0.25) is 0 Å². The minimum atomic E-state index is -0.0237. The number of likely N-dealkylation sites (N-methyl/N-ethyl adjacent to an activating group) is 1. The van der Waals surface area contributed by atoms with Crippen LogP contribution in [0.1, 0.15) is 6.92 Å². The first-order chi connectivity index (χ1) is 8.13. The third kappa shape index (κ3) is 2.33. The highest BCUT2D eigenvalue weighted by atomic mass is 35.5. The maximum Gasteiger partial charge on any atom is 0.224 e. The van der Waals surface area contributed by atoms with Crippen molar-refractivity contribution >= 4 is 28.3 Å². The molecule has 90 valence electrons. The Kier molecular flexibility index (Phi) is 3.45. The molecule has 2 rings (SSSR count). The zero-order chi connectivity index (χ0) is 12.4. The predicted octanol–water partition coefficient (Wildman–Crippen LogP) is 2.10. The molecule has 0 amide bonds. The van der Waals surface area contributed by atoms with E-state index in [1.54, 1.807) is 0 Å². The molecular formula is C12H14ClN3O. The molecule has 1 N–H and O–H groups in total. The number of fused-ring (bicyclic) bond motifs is 1. The van der Waals surface area contributed by atoms with E-state index in [2.05, 4.69) is 9.97 Å². The summed E-state index contributed by atoms with van der Waals surface area (Å²) in [5.74, 6) is 0.738. The van der Waals surface area contributed by atoms with Crippen LogP contribution >= 0.6 is 11.6 Å². The van der Waals surface area contributed by atoms with Crippen molar-refractivity contribution in [1.82, 2.24) is 9.97 Å². The van der Waals surface area contributed by atoms with Crippen LogP contribution in [0.2, 0.25) is 5.28 Å². The third-order valence-corrected chi connectivity index (χ3v) is 2.98. The van der Waals surface area contributed by atoms with Crippen molar-refractivity contribution in [3.05, 3.63) is 29.5 Å². The first kappa shape index (κ1) is 12.1. The highest BCUT2D eigenvalue weighted by Gasteiger charge is 2.14. The van der Waals surface area contributed by atoms with Gasteiger partial charge in [0.15, 0.2) is 0 Å². The Balaban J connectivity index is 2.59. The minimum absolute atomic E-state index is 0.0237. The van der Waals surface area contributed by atoms with Crippen LogP contribution in [0.5, 0.6) is 0 Å². The molecule has 1 unspecified atom stereocenters. The van der Waals surface area contributed by atoms with Gasteiger partial charge in [0.05, 0.1) is 18.2 Å². The second-order valence-electron chi connectivity index (χ2n) is 3.98.